The Hall–Kier alpha value is -2.48. The average molecular weight is 358 g/mol. The minimum Gasteiger partial charge on any atom is -0.389 e. The number of likely N-dealkylation sites (tertiary alicyclic amines) is 1. The Morgan fingerprint density at radius 1 is 1.38 bits per heavy atom. The third-order valence-corrected chi connectivity index (χ3v) is 5.43. The van der Waals surface area contributed by atoms with Gasteiger partial charge in [-0.05, 0) is 30.9 Å². The maximum absolute atomic E-state index is 12.4. The number of pyridine rings is 1. The van der Waals surface area contributed by atoms with Gasteiger partial charge in [-0.2, -0.15) is 0 Å². The molecule has 0 bridgehead atoms. The van der Waals surface area contributed by atoms with Gasteiger partial charge in [0.25, 0.3) is 5.91 Å². The molecule has 3 aliphatic rings. The second-order valence-electron chi connectivity index (χ2n) is 7.32. The molecule has 2 atom stereocenters. The Bertz CT molecular complexity index is 732. The van der Waals surface area contributed by atoms with Crippen LogP contribution in [0.5, 0.6) is 0 Å². The molecule has 3 heterocycles. The van der Waals surface area contributed by atoms with E-state index in [9.17, 15) is 14.7 Å². The molecule has 2 aliphatic heterocycles. The van der Waals surface area contributed by atoms with Crippen molar-refractivity contribution < 1.29 is 19.5 Å². The van der Waals surface area contributed by atoms with E-state index in [1.807, 2.05) is 12.1 Å². The Morgan fingerprint density at radius 3 is 2.92 bits per heavy atom. The lowest BCUT2D eigenvalue weighted by Gasteiger charge is -2.37. The summed E-state index contributed by atoms with van der Waals surface area (Å²) in [6.45, 7) is 1.17. The Labute approximate surface area is 151 Å². The van der Waals surface area contributed by atoms with Crippen LogP contribution in [0.25, 0.3) is 0 Å². The van der Waals surface area contributed by atoms with Crippen LogP contribution in [0, 0.1) is 5.92 Å². The standard InChI is InChI=1S/C18H22N4O4/c23-15(7-18(25)4-2-5-18)22-10-13-14(11-22)26-21-16(13)17(24)20-9-12-3-1-6-19-8-12/h1,3,6,8,13-14,25H,2,4-5,7,9-11H2,(H,20,24)/t13-,14+/m0/s1. The topological polar surface area (TPSA) is 104 Å². The van der Waals surface area contributed by atoms with Gasteiger partial charge in [0.2, 0.25) is 5.91 Å². The van der Waals surface area contributed by atoms with Gasteiger partial charge in [0.15, 0.2) is 11.8 Å². The van der Waals surface area contributed by atoms with Crippen molar-refractivity contribution in [3.05, 3.63) is 30.1 Å². The van der Waals surface area contributed by atoms with Gasteiger partial charge >= 0.3 is 0 Å². The molecular weight excluding hydrogens is 336 g/mol. The molecule has 4 rings (SSSR count). The van der Waals surface area contributed by atoms with E-state index in [0.29, 0.717) is 38.2 Å². The number of carbonyl (C=O) groups is 2. The van der Waals surface area contributed by atoms with E-state index in [1.54, 1.807) is 17.3 Å². The molecule has 2 fully saturated rings. The lowest BCUT2D eigenvalue weighted by Crippen LogP contribution is -2.43. The van der Waals surface area contributed by atoms with Gasteiger partial charge in [0.05, 0.1) is 24.5 Å². The summed E-state index contributed by atoms with van der Waals surface area (Å²) in [5, 5.41) is 16.9. The number of rotatable bonds is 5. The monoisotopic (exact) mass is 358 g/mol. The molecule has 8 heteroatoms. The number of nitrogens with zero attached hydrogens (tertiary/aromatic N) is 3. The van der Waals surface area contributed by atoms with Gasteiger partial charge in [0.1, 0.15) is 0 Å². The average Bonchev–Trinajstić information content (AvgIpc) is 3.20. The summed E-state index contributed by atoms with van der Waals surface area (Å²) in [5.41, 5.74) is 0.388. The largest absolute Gasteiger partial charge is 0.389 e. The number of fused-ring (bicyclic) bond motifs is 1. The van der Waals surface area contributed by atoms with Gasteiger partial charge < -0.3 is 20.2 Å². The summed E-state index contributed by atoms with van der Waals surface area (Å²) in [4.78, 5) is 35.9. The molecule has 1 aromatic heterocycles. The number of aromatic nitrogens is 1. The molecule has 0 unspecified atom stereocenters. The molecule has 8 nitrogen and oxygen atoms in total. The van der Waals surface area contributed by atoms with Crippen LogP contribution in [0.4, 0.5) is 0 Å². The molecule has 1 saturated carbocycles. The summed E-state index contributed by atoms with van der Waals surface area (Å²) >= 11 is 0. The van der Waals surface area contributed by atoms with E-state index in [2.05, 4.69) is 15.5 Å². The second kappa shape index (κ2) is 6.68. The maximum atomic E-state index is 12.4. The van der Waals surface area contributed by atoms with E-state index in [-0.39, 0.29) is 30.3 Å². The van der Waals surface area contributed by atoms with Crippen molar-refractivity contribution in [1.82, 2.24) is 15.2 Å². The number of nitrogens with one attached hydrogen (secondary N) is 1. The molecule has 0 radical (unpaired) electrons. The van der Waals surface area contributed by atoms with Crippen LogP contribution in [0.3, 0.4) is 0 Å². The summed E-state index contributed by atoms with van der Waals surface area (Å²) in [7, 11) is 0. The minimum atomic E-state index is -0.840. The fourth-order valence-corrected chi connectivity index (χ4v) is 3.68. The Morgan fingerprint density at radius 2 is 2.23 bits per heavy atom. The smallest absolute Gasteiger partial charge is 0.269 e. The van der Waals surface area contributed by atoms with Crippen molar-refractivity contribution in [2.75, 3.05) is 13.1 Å². The Kier molecular flexibility index (Phi) is 4.36. The van der Waals surface area contributed by atoms with Crippen LogP contribution in [-0.2, 0) is 21.0 Å². The van der Waals surface area contributed by atoms with Crippen molar-refractivity contribution in [1.29, 1.82) is 0 Å². The van der Waals surface area contributed by atoms with Gasteiger partial charge in [0, 0.05) is 25.5 Å². The first kappa shape index (κ1) is 17.0. The molecular formula is C18H22N4O4. The van der Waals surface area contributed by atoms with Crippen LogP contribution in [0.15, 0.2) is 29.7 Å². The highest BCUT2D eigenvalue weighted by molar-refractivity contribution is 6.40. The van der Waals surface area contributed by atoms with E-state index in [1.165, 1.54) is 0 Å². The highest BCUT2D eigenvalue weighted by Gasteiger charge is 2.47. The molecule has 1 aromatic rings. The first-order valence-corrected chi connectivity index (χ1v) is 8.95. The number of hydrogen-bond acceptors (Lipinski definition) is 6. The summed E-state index contributed by atoms with van der Waals surface area (Å²) in [6.07, 6.45) is 5.55. The lowest BCUT2D eigenvalue weighted by molar-refractivity contribution is -0.140. The fraction of sp³-hybridized carbons (Fsp3) is 0.556. The quantitative estimate of drug-likeness (QED) is 0.783. The van der Waals surface area contributed by atoms with Crippen LogP contribution < -0.4 is 5.32 Å². The van der Waals surface area contributed by atoms with E-state index < -0.39 is 5.60 Å². The normalized spacial score (nSPS) is 25.7. The van der Waals surface area contributed by atoms with Gasteiger partial charge in [-0.25, -0.2) is 0 Å². The predicted molar refractivity (Wildman–Crippen MR) is 91.9 cm³/mol. The lowest BCUT2D eigenvalue weighted by atomic mass is 9.77. The zero-order valence-corrected chi connectivity index (χ0v) is 14.4. The zero-order valence-electron chi connectivity index (χ0n) is 14.4. The highest BCUT2D eigenvalue weighted by Crippen LogP contribution is 2.36. The summed E-state index contributed by atoms with van der Waals surface area (Å²) < 4.78 is 0. The molecule has 1 saturated heterocycles. The number of oxime groups is 1. The molecule has 1 aliphatic carbocycles. The fourth-order valence-electron chi connectivity index (χ4n) is 3.68. The van der Waals surface area contributed by atoms with Crippen LogP contribution in [0.1, 0.15) is 31.2 Å². The molecule has 2 amide bonds. The Balaban J connectivity index is 1.32. The molecule has 2 N–H and O–H groups in total. The number of carbonyl (C=O) groups excluding carboxylic acids is 2. The summed E-state index contributed by atoms with van der Waals surface area (Å²) in [5.74, 6) is -0.586. The number of aliphatic hydroxyl groups is 1. The molecule has 138 valence electrons. The van der Waals surface area contributed by atoms with Gasteiger partial charge in [-0.15, -0.1) is 0 Å². The maximum Gasteiger partial charge on any atom is 0.269 e. The third kappa shape index (κ3) is 3.29. The van der Waals surface area contributed by atoms with Gasteiger partial charge in [-0.3, -0.25) is 14.6 Å². The third-order valence-electron chi connectivity index (χ3n) is 5.43. The summed E-state index contributed by atoms with van der Waals surface area (Å²) in [6, 6.07) is 3.69. The number of hydrogen-bond donors (Lipinski definition) is 2. The first-order chi connectivity index (χ1) is 12.5. The second-order valence-corrected chi connectivity index (χ2v) is 7.32. The van der Waals surface area contributed by atoms with Crippen LogP contribution in [-0.4, -0.2) is 57.3 Å². The van der Waals surface area contributed by atoms with Gasteiger partial charge in [-0.1, -0.05) is 11.2 Å². The minimum absolute atomic E-state index is 0.0830. The van der Waals surface area contributed by atoms with E-state index in [0.717, 1.165) is 12.0 Å². The zero-order chi connectivity index (χ0) is 18.1. The molecule has 26 heavy (non-hydrogen) atoms. The van der Waals surface area contributed by atoms with Crippen LogP contribution in [0.2, 0.25) is 0 Å². The van der Waals surface area contributed by atoms with Crippen molar-refractivity contribution >= 4 is 17.5 Å². The van der Waals surface area contributed by atoms with Crippen molar-refractivity contribution in [3.63, 3.8) is 0 Å². The van der Waals surface area contributed by atoms with E-state index >= 15 is 0 Å². The predicted octanol–water partition coefficient (Wildman–Crippen LogP) is 0.216. The molecule has 0 spiro atoms. The van der Waals surface area contributed by atoms with Crippen molar-refractivity contribution in [2.45, 2.75) is 43.9 Å². The SMILES string of the molecule is O=C(NCc1cccnc1)C1=NO[C@@H]2CN(C(=O)CC3(O)CCC3)C[C@H]12. The van der Waals surface area contributed by atoms with E-state index in [4.69, 9.17) is 4.84 Å². The first-order valence-electron chi connectivity index (χ1n) is 8.95. The molecule has 0 aromatic carbocycles. The number of amides is 2. The van der Waals surface area contributed by atoms with Crippen molar-refractivity contribution in [2.24, 2.45) is 11.1 Å². The van der Waals surface area contributed by atoms with Crippen LogP contribution >= 0.6 is 0 Å². The highest BCUT2D eigenvalue weighted by atomic mass is 16.6. The van der Waals surface area contributed by atoms with Crippen molar-refractivity contribution in [3.8, 4) is 0 Å².